The number of nitrogens with one attached hydrogen (secondary N) is 2. The molecule has 0 aromatic heterocycles. The van der Waals surface area contributed by atoms with E-state index in [-0.39, 0.29) is 17.1 Å². The number of ether oxygens (including phenoxy) is 2. The number of para-hydroxylation sites is 2. The number of hydrogen-bond donors (Lipinski definition) is 2. The van der Waals surface area contributed by atoms with Gasteiger partial charge in [0.15, 0.2) is 20.2 Å². The van der Waals surface area contributed by atoms with E-state index in [2.05, 4.69) is 69.0 Å². The van der Waals surface area contributed by atoms with Gasteiger partial charge >= 0.3 is 28.1 Å². The summed E-state index contributed by atoms with van der Waals surface area (Å²) in [6, 6.07) is 36.8. The van der Waals surface area contributed by atoms with Crippen molar-refractivity contribution in [3.05, 3.63) is 120 Å². The molecule has 1 radical (unpaired) electrons. The van der Waals surface area contributed by atoms with Crippen LogP contribution in [0, 0.1) is 0 Å². The molecule has 0 amide bonds. The molecule has 1 fully saturated rings. The van der Waals surface area contributed by atoms with E-state index in [1.807, 2.05) is 60.7 Å². The summed E-state index contributed by atoms with van der Waals surface area (Å²) in [7, 11) is -12.2. The second-order valence-corrected chi connectivity index (χ2v) is 14.7. The van der Waals surface area contributed by atoms with Crippen molar-refractivity contribution >= 4 is 20.2 Å². The molecule has 0 unspecified atom stereocenters. The second-order valence-electron chi connectivity index (χ2n) is 12.0. The van der Waals surface area contributed by atoms with E-state index in [9.17, 15) is 26.3 Å². The first kappa shape index (κ1) is 49.4. The second kappa shape index (κ2) is 23.6. The molecule has 0 aliphatic carbocycles. The van der Waals surface area contributed by atoms with Crippen LogP contribution in [-0.2, 0) is 50.4 Å². The molecule has 0 bridgehead atoms. The average Bonchev–Trinajstić information content (AvgIpc) is 3.12. The van der Waals surface area contributed by atoms with Crippen molar-refractivity contribution in [3.63, 3.8) is 0 Å². The zero-order chi connectivity index (χ0) is 41.2. The molecular formula is C36H40CuF6N4O8S2. The number of alkyl halides is 6. The van der Waals surface area contributed by atoms with Gasteiger partial charge in [-0.2, -0.15) is 26.3 Å². The molecule has 2 N–H and O–H groups in total. The fraction of sp³-hybridized carbons (Fsp3) is 0.333. The van der Waals surface area contributed by atoms with Gasteiger partial charge in [0.1, 0.15) is 23.0 Å². The number of nitrogens with zero attached hydrogens (tertiary/aromatic N) is 2. The fourth-order valence-electron chi connectivity index (χ4n) is 4.83. The van der Waals surface area contributed by atoms with Gasteiger partial charge in [-0.3, -0.25) is 9.80 Å². The maximum absolute atomic E-state index is 10.7. The van der Waals surface area contributed by atoms with E-state index in [1.165, 1.54) is 11.1 Å². The van der Waals surface area contributed by atoms with Gasteiger partial charge in [-0.15, -0.1) is 0 Å². The summed E-state index contributed by atoms with van der Waals surface area (Å²) >= 11 is 0. The molecule has 1 aliphatic heterocycles. The van der Waals surface area contributed by atoms with Gasteiger partial charge in [0.2, 0.25) is 0 Å². The Hall–Kier alpha value is -3.76. The summed E-state index contributed by atoms with van der Waals surface area (Å²) in [6.07, 6.45) is 0. The molecule has 21 heteroatoms. The minimum Gasteiger partial charge on any atom is -0.741 e. The Bertz CT molecular complexity index is 1790. The van der Waals surface area contributed by atoms with Crippen LogP contribution in [0.5, 0.6) is 23.0 Å². The third-order valence-electron chi connectivity index (χ3n) is 7.60. The van der Waals surface area contributed by atoms with Gasteiger partial charge in [0.25, 0.3) is 0 Å². The number of benzene rings is 4. The average molecular weight is 898 g/mol. The standard InChI is InChI=1S/C34H40N4O2.2CHF3O3S.Cu/c1-3-7-31(8-4-1)39-33-15-11-29(12-16-33)27-37-23-19-35-21-25-38(26-22-36-20-24-37)28-30-13-17-34(18-14-30)40-32-9-5-2-6-10-32;2*2-1(3,4)8(5,6)7;/h1-18,35-36H,19-28H2;2*(H,5,6,7);/q;;;+2/p-2. The van der Waals surface area contributed by atoms with Crippen LogP contribution in [0.3, 0.4) is 0 Å². The monoisotopic (exact) mass is 897 g/mol. The van der Waals surface area contributed by atoms with Crippen molar-refractivity contribution in [2.45, 2.75) is 24.1 Å². The Morgan fingerprint density at radius 1 is 0.491 bits per heavy atom. The Kier molecular flexibility index (Phi) is 20.4. The van der Waals surface area contributed by atoms with Crippen molar-refractivity contribution in [2.24, 2.45) is 0 Å². The smallest absolute Gasteiger partial charge is 0.741 e. The molecule has 317 valence electrons. The molecule has 1 aliphatic rings. The van der Waals surface area contributed by atoms with E-state index in [0.29, 0.717) is 0 Å². The van der Waals surface area contributed by atoms with E-state index in [1.54, 1.807) is 0 Å². The van der Waals surface area contributed by atoms with E-state index >= 15 is 0 Å². The molecule has 57 heavy (non-hydrogen) atoms. The fourth-order valence-corrected chi connectivity index (χ4v) is 4.83. The van der Waals surface area contributed by atoms with Gasteiger partial charge in [-0.05, 0) is 59.7 Å². The molecule has 0 saturated carbocycles. The first-order valence-electron chi connectivity index (χ1n) is 16.8. The molecule has 0 spiro atoms. The van der Waals surface area contributed by atoms with Crippen LogP contribution in [0.4, 0.5) is 26.3 Å². The summed E-state index contributed by atoms with van der Waals surface area (Å²) < 4.78 is 130. The Balaban J connectivity index is 0.000000556. The van der Waals surface area contributed by atoms with Gasteiger partial charge in [-0.25, -0.2) is 16.8 Å². The molecule has 4 aromatic carbocycles. The van der Waals surface area contributed by atoms with E-state index < -0.39 is 31.3 Å². The third-order valence-corrected chi connectivity index (χ3v) is 8.74. The maximum Gasteiger partial charge on any atom is 2.00 e. The van der Waals surface area contributed by atoms with Crippen LogP contribution in [0.1, 0.15) is 11.1 Å². The number of rotatable bonds is 8. The molecule has 0 atom stereocenters. The zero-order valence-corrected chi connectivity index (χ0v) is 32.6. The van der Waals surface area contributed by atoms with Gasteiger partial charge in [0.05, 0.1) is 0 Å². The minimum atomic E-state index is -6.09. The van der Waals surface area contributed by atoms with Gasteiger partial charge < -0.3 is 29.2 Å². The normalized spacial score (nSPS) is 15.2. The molecule has 12 nitrogen and oxygen atoms in total. The van der Waals surface area contributed by atoms with E-state index in [0.717, 1.165) is 88.4 Å². The predicted molar refractivity (Wildman–Crippen MR) is 194 cm³/mol. The molecule has 1 heterocycles. The Morgan fingerprint density at radius 2 is 0.737 bits per heavy atom. The molecule has 5 rings (SSSR count). The van der Waals surface area contributed by atoms with Crippen LogP contribution in [-0.4, -0.2) is 99.1 Å². The summed E-state index contributed by atoms with van der Waals surface area (Å²) in [5.41, 5.74) is -8.68. The van der Waals surface area contributed by atoms with Crippen LogP contribution < -0.4 is 20.1 Å². The van der Waals surface area contributed by atoms with Gasteiger partial charge in [0, 0.05) is 65.4 Å². The first-order chi connectivity index (χ1) is 26.3. The summed E-state index contributed by atoms with van der Waals surface area (Å²) in [4.78, 5) is 5.04. The SMILES string of the molecule is O=S(=O)([O-])C(F)(F)F.O=S(=O)([O-])C(F)(F)F.[Cu+2].c1ccc(Oc2ccc(CN3CCNCCN(Cc4ccc(Oc5ccccc5)cc4)CCNCC3)cc2)cc1. The number of hydrogen-bond acceptors (Lipinski definition) is 12. The zero-order valence-electron chi connectivity index (χ0n) is 30.0. The minimum absolute atomic E-state index is 0. The van der Waals surface area contributed by atoms with E-state index in [4.69, 9.17) is 35.4 Å². The quantitative estimate of drug-likeness (QED) is 0.0938. The maximum atomic E-state index is 10.7. The van der Waals surface area contributed by atoms with Crippen molar-refractivity contribution in [2.75, 3.05) is 52.4 Å². The summed E-state index contributed by atoms with van der Waals surface area (Å²) in [5.74, 6) is 3.46. The molecule has 4 aromatic rings. The third kappa shape index (κ3) is 19.5. The molecular weight excluding hydrogens is 858 g/mol. The summed E-state index contributed by atoms with van der Waals surface area (Å²) in [6.45, 7) is 9.88. The predicted octanol–water partition coefficient (Wildman–Crippen LogP) is 5.87. The Labute approximate surface area is 338 Å². The van der Waals surface area contributed by atoms with Crippen LogP contribution in [0.15, 0.2) is 109 Å². The molecule has 1 saturated heterocycles. The van der Waals surface area contributed by atoms with Crippen LogP contribution in [0.25, 0.3) is 0 Å². The first-order valence-corrected chi connectivity index (χ1v) is 19.7. The van der Waals surface area contributed by atoms with Crippen molar-refractivity contribution in [1.82, 2.24) is 20.4 Å². The van der Waals surface area contributed by atoms with Crippen molar-refractivity contribution < 1.29 is 78.8 Å². The van der Waals surface area contributed by atoms with Crippen molar-refractivity contribution in [1.29, 1.82) is 0 Å². The topological polar surface area (TPSA) is 163 Å². The van der Waals surface area contributed by atoms with Crippen molar-refractivity contribution in [3.8, 4) is 23.0 Å². The Morgan fingerprint density at radius 3 is 0.982 bits per heavy atom. The van der Waals surface area contributed by atoms with Crippen LogP contribution >= 0.6 is 0 Å². The summed E-state index contributed by atoms with van der Waals surface area (Å²) in [5, 5.41) is 7.33. The van der Waals surface area contributed by atoms with Gasteiger partial charge in [-0.1, -0.05) is 60.7 Å². The van der Waals surface area contributed by atoms with Crippen LogP contribution in [0.2, 0.25) is 0 Å². The largest absolute Gasteiger partial charge is 2.00 e. The number of halogens is 6.